The summed E-state index contributed by atoms with van der Waals surface area (Å²) in [5, 5.41) is 5.50. The molecule has 30 heavy (non-hydrogen) atoms. The first-order valence-corrected chi connectivity index (χ1v) is 10.9. The van der Waals surface area contributed by atoms with Crippen LogP contribution in [-0.2, 0) is 6.54 Å². The van der Waals surface area contributed by atoms with E-state index in [2.05, 4.69) is 15.2 Å². The van der Waals surface area contributed by atoms with Gasteiger partial charge in [0.05, 0.1) is 12.1 Å². The van der Waals surface area contributed by atoms with Crippen molar-refractivity contribution in [2.24, 2.45) is 0 Å². The molecule has 2 amide bonds. The largest absolute Gasteiger partial charge is 0.352 e. The Labute approximate surface area is 184 Å². The highest BCUT2D eigenvalue weighted by Gasteiger charge is 2.25. The normalized spacial score (nSPS) is 13.9. The minimum absolute atomic E-state index is 0.0351. The predicted molar refractivity (Wildman–Crippen MR) is 119 cm³/mol. The van der Waals surface area contributed by atoms with E-state index in [0.29, 0.717) is 54.7 Å². The Morgan fingerprint density at radius 3 is 2.63 bits per heavy atom. The molecule has 1 N–H and O–H groups in total. The van der Waals surface area contributed by atoms with Gasteiger partial charge in [-0.15, -0.1) is 11.3 Å². The molecule has 3 aromatic rings. The van der Waals surface area contributed by atoms with E-state index in [9.17, 15) is 9.59 Å². The second-order valence-electron chi connectivity index (χ2n) is 6.93. The Morgan fingerprint density at radius 2 is 1.90 bits per heavy atom. The molecule has 8 heteroatoms. The fraction of sp³-hybridized carbons (Fsp3) is 0.227. The summed E-state index contributed by atoms with van der Waals surface area (Å²) in [5.41, 5.74) is 1.13. The van der Waals surface area contributed by atoms with E-state index in [-0.39, 0.29) is 11.8 Å². The lowest BCUT2D eigenvalue weighted by Gasteiger charge is -2.36. The van der Waals surface area contributed by atoms with E-state index < -0.39 is 0 Å². The first-order chi connectivity index (χ1) is 14.6. The number of benzene rings is 1. The highest BCUT2D eigenvalue weighted by Crippen LogP contribution is 2.21. The van der Waals surface area contributed by atoms with Crippen molar-refractivity contribution in [1.29, 1.82) is 0 Å². The fourth-order valence-electron chi connectivity index (χ4n) is 3.43. The Hall–Kier alpha value is -2.90. The predicted octanol–water partition coefficient (Wildman–Crippen LogP) is 3.69. The van der Waals surface area contributed by atoms with Gasteiger partial charge in [-0.05, 0) is 41.8 Å². The van der Waals surface area contributed by atoms with Crippen LogP contribution in [0, 0.1) is 0 Å². The minimum atomic E-state index is -0.149. The molecule has 1 aromatic carbocycles. The number of pyridine rings is 1. The summed E-state index contributed by atoms with van der Waals surface area (Å²) in [5.74, 6) is 0.465. The minimum Gasteiger partial charge on any atom is -0.352 e. The topological polar surface area (TPSA) is 65.5 Å². The van der Waals surface area contributed by atoms with E-state index in [4.69, 9.17) is 11.6 Å². The number of nitrogens with zero attached hydrogens (tertiary/aromatic N) is 3. The molecule has 0 unspecified atom stereocenters. The SMILES string of the molecule is O=C(NCc1cccs1)c1cccnc1N1CCN(C(=O)c2cccc(Cl)c2)CC1. The molecule has 4 rings (SSSR count). The maximum absolute atomic E-state index is 12.7. The fourth-order valence-corrected chi connectivity index (χ4v) is 4.26. The number of hydrogen-bond acceptors (Lipinski definition) is 5. The molecule has 1 aliphatic heterocycles. The molecule has 0 saturated carbocycles. The number of rotatable bonds is 5. The summed E-state index contributed by atoms with van der Waals surface area (Å²) in [4.78, 5) is 34.9. The number of carbonyl (C=O) groups excluding carboxylic acids is 2. The molecule has 6 nitrogen and oxygen atoms in total. The zero-order chi connectivity index (χ0) is 20.9. The van der Waals surface area contributed by atoms with Gasteiger partial charge < -0.3 is 15.1 Å². The van der Waals surface area contributed by atoms with E-state index in [1.54, 1.807) is 53.9 Å². The molecule has 0 atom stereocenters. The molecule has 0 spiro atoms. The molecular formula is C22H21ClN4O2S. The number of amides is 2. The van der Waals surface area contributed by atoms with Gasteiger partial charge in [0, 0.05) is 47.8 Å². The van der Waals surface area contributed by atoms with Crippen LogP contribution in [0.15, 0.2) is 60.1 Å². The Bertz CT molecular complexity index is 1030. The van der Waals surface area contributed by atoms with Crippen LogP contribution < -0.4 is 10.2 Å². The number of halogens is 1. The molecule has 2 aromatic heterocycles. The highest BCUT2D eigenvalue weighted by molar-refractivity contribution is 7.09. The smallest absolute Gasteiger partial charge is 0.255 e. The number of aromatic nitrogens is 1. The number of nitrogens with one attached hydrogen (secondary N) is 1. The number of anilines is 1. The monoisotopic (exact) mass is 440 g/mol. The van der Waals surface area contributed by atoms with Gasteiger partial charge in [0.2, 0.25) is 0 Å². The summed E-state index contributed by atoms with van der Waals surface area (Å²) in [6.45, 7) is 2.81. The Kier molecular flexibility index (Phi) is 6.30. The van der Waals surface area contributed by atoms with Crippen LogP contribution in [0.5, 0.6) is 0 Å². The summed E-state index contributed by atoms with van der Waals surface area (Å²) >= 11 is 7.62. The first-order valence-electron chi connectivity index (χ1n) is 9.67. The molecule has 0 aliphatic carbocycles. The van der Waals surface area contributed by atoms with Gasteiger partial charge in [-0.1, -0.05) is 23.7 Å². The molecule has 0 bridgehead atoms. The average molecular weight is 441 g/mol. The average Bonchev–Trinajstić information content (AvgIpc) is 3.31. The van der Waals surface area contributed by atoms with Crippen molar-refractivity contribution in [2.45, 2.75) is 6.54 Å². The van der Waals surface area contributed by atoms with Crippen LogP contribution in [0.1, 0.15) is 25.6 Å². The summed E-state index contributed by atoms with van der Waals surface area (Å²) in [6.07, 6.45) is 1.69. The van der Waals surface area contributed by atoms with Gasteiger partial charge in [0.25, 0.3) is 11.8 Å². The van der Waals surface area contributed by atoms with Crippen LogP contribution in [0.2, 0.25) is 5.02 Å². The zero-order valence-corrected chi connectivity index (χ0v) is 17.8. The van der Waals surface area contributed by atoms with Gasteiger partial charge in [-0.3, -0.25) is 9.59 Å². The summed E-state index contributed by atoms with van der Waals surface area (Å²) in [6, 6.07) is 14.5. The van der Waals surface area contributed by atoms with Crippen molar-refractivity contribution in [3.63, 3.8) is 0 Å². The van der Waals surface area contributed by atoms with Crippen LogP contribution >= 0.6 is 22.9 Å². The lowest BCUT2D eigenvalue weighted by Crippen LogP contribution is -2.49. The van der Waals surface area contributed by atoms with Crippen molar-refractivity contribution in [1.82, 2.24) is 15.2 Å². The van der Waals surface area contributed by atoms with E-state index in [0.717, 1.165) is 4.88 Å². The third-order valence-electron chi connectivity index (χ3n) is 4.97. The van der Waals surface area contributed by atoms with Crippen LogP contribution in [0.4, 0.5) is 5.82 Å². The second-order valence-corrected chi connectivity index (χ2v) is 8.39. The van der Waals surface area contributed by atoms with Crippen LogP contribution in [0.25, 0.3) is 0 Å². The van der Waals surface area contributed by atoms with E-state index in [1.165, 1.54) is 0 Å². The zero-order valence-electron chi connectivity index (χ0n) is 16.3. The number of thiophene rings is 1. The lowest BCUT2D eigenvalue weighted by molar-refractivity contribution is 0.0745. The first kappa shape index (κ1) is 20.4. The Morgan fingerprint density at radius 1 is 1.07 bits per heavy atom. The van der Waals surface area contributed by atoms with Crippen molar-refractivity contribution in [2.75, 3.05) is 31.1 Å². The molecule has 0 radical (unpaired) electrons. The number of piperazine rings is 1. The standard InChI is InChI=1S/C22H21ClN4O2S/c23-17-5-1-4-16(14-17)22(29)27-11-9-26(10-12-27)20-19(7-2-8-24-20)21(28)25-15-18-6-3-13-30-18/h1-8,13-14H,9-12,15H2,(H,25,28). The summed E-state index contributed by atoms with van der Waals surface area (Å²) in [7, 11) is 0. The lowest BCUT2D eigenvalue weighted by atomic mass is 10.1. The number of hydrogen-bond donors (Lipinski definition) is 1. The van der Waals surface area contributed by atoms with Gasteiger partial charge in [0.1, 0.15) is 5.82 Å². The maximum Gasteiger partial charge on any atom is 0.255 e. The maximum atomic E-state index is 12.7. The third-order valence-corrected chi connectivity index (χ3v) is 6.08. The molecule has 154 valence electrons. The highest BCUT2D eigenvalue weighted by atomic mass is 35.5. The van der Waals surface area contributed by atoms with Crippen molar-refractivity contribution < 1.29 is 9.59 Å². The van der Waals surface area contributed by atoms with Crippen LogP contribution in [-0.4, -0.2) is 47.9 Å². The molecule has 1 fully saturated rings. The quantitative estimate of drug-likeness (QED) is 0.657. The van der Waals surface area contributed by atoms with E-state index >= 15 is 0 Å². The van der Waals surface area contributed by atoms with Crippen molar-refractivity contribution in [3.05, 3.63) is 81.1 Å². The van der Waals surface area contributed by atoms with E-state index in [1.807, 2.05) is 22.4 Å². The number of carbonyl (C=O) groups is 2. The van der Waals surface area contributed by atoms with Crippen molar-refractivity contribution in [3.8, 4) is 0 Å². The molecule has 1 saturated heterocycles. The van der Waals surface area contributed by atoms with Gasteiger partial charge in [0.15, 0.2) is 0 Å². The van der Waals surface area contributed by atoms with Gasteiger partial charge in [-0.25, -0.2) is 4.98 Å². The van der Waals surface area contributed by atoms with Gasteiger partial charge in [-0.2, -0.15) is 0 Å². The third kappa shape index (κ3) is 4.63. The molecule has 3 heterocycles. The Balaban J connectivity index is 1.41. The molecular weight excluding hydrogens is 420 g/mol. The second kappa shape index (κ2) is 9.28. The van der Waals surface area contributed by atoms with Crippen LogP contribution in [0.3, 0.4) is 0 Å². The van der Waals surface area contributed by atoms with Crippen molar-refractivity contribution >= 4 is 40.6 Å². The summed E-state index contributed by atoms with van der Waals surface area (Å²) < 4.78 is 0. The molecule has 1 aliphatic rings. The van der Waals surface area contributed by atoms with Gasteiger partial charge >= 0.3 is 0 Å².